The van der Waals surface area contributed by atoms with Crippen molar-refractivity contribution in [2.24, 2.45) is 0 Å². The van der Waals surface area contributed by atoms with Gasteiger partial charge in [-0.2, -0.15) is 0 Å². The number of ether oxygens (including phenoxy) is 2. The van der Waals surface area contributed by atoms with Gasteiger partial charge in [0.15, 0.2) is 0 Å². The lowest BCUT2D eigenvalue weighted by molar-refractivity contribution is 0.0463. The summed E-state index contributed by atoms with van der Waals surface area (Å²) in [5.41, 5.74) is 0. The molecule has 0 unspecified atom stereocenters. The van der Waals surface area contributed by atoms with E-state index in [0.29, 0.717) is 31.5 Å². The lowest BCUT2D eigenvalue weighted by Crippen LogP contribution is -2.07. The largest absolute Gasteiger partial charge is 0.396 e. The van der Waals surface area contributed by atoms with Gasteiger partial charge in [0.1, 0.15) is 0 Å². The summed E-state index contributed by atoms with van der Waals surface area (Å²) in [5.74, 6) is 1.29. The molecule has 0 aromatic rings. The minimum absolute atomic E-state index is 0.0548. The van der Waals surface area contributed by atoms with Gasteiger partial charge in [-0.15, -0.1) is 11.8 Å². The average molecular weight is 196 g/mol. The fraction of sp³-hybridized carbons (Fsp3) is 1.00. The van der Waals surface area contributed by atoms with Crippen molar-refractivity contribution in [3.8, 4) is 0 Å². The summed E-state index contributed by atoms with van der Waals surface area (Å²) in [6, 6.07) is 0. The van der Waals surface area contributed by atoms with E-state index in [-0.39, 0.29) is 13.2 Å². The van der Waals surface area contributed by atoms with Gasteiger partial charge in [0.05, 0.1) is 39.0 Å². The molecule has 0 saturated heterocycles. The minimum atomic E-state index is 0.0548. The molecule has 2 N–H and O–H groups in total. The molecule has 0 aliphatic heterocycles. The Labute approximate surface area is 76.9 Å². The quantitative estimate of drug-likeness (QED) is 0.391. The highest BCUT2D eigenvalue weighted by Crippen LogP contribution is 1.97. The van der Waals surface area contributed by atoms with E-state index in [1.165, 1.54) is 11.8 Å². The molecule has 0 aliphatic rings. The van der Waals surface area contributed by atoms with Crippen LogP contribution >= 0.6 is 11.8 Å². The monoisotopic (exact) mass is 196 g/mol. The zero-order valence-corrected chi connectivity index (χ0v) is 7.89. The van der Waals surface area contributed by atoms with Crippen LogP contribution in [0.1, 0.15) is 0 Å². The fourth-order valence-electron chi connectivity index (χ4n) is 0.526. The molecule has 0 spiro atoms. The summed E-state index contributed by atoms with van der Waals surface area (Å²) in [7, 11) is 0. The third-order valence-electron chi connectivity index (χ3n) is 1.01. The summed E-state index contributed by atoms with van der Waals surface area (Å²) >= 11 is 1.54. The van der Waals surface area contributed by atoms with Gasteiger partial charge in [-0.05, 0) is 0 Å². The lowest BCUT2D eigenvalue weighted by atomic mass is 10.7. The van der Waals surface area contributed by atoms with Gasteiger partial charge in [-0.1, -0.05) is 0 Å². The number of hydrogen-bond acceptors (Lipinski definition) is 5. The van der Waals surface area contributed by atoms with Gasteiger partial charge in [0.25, 0.3) is 0 Å². The molecular weight excluding hydrogens is 180 g/mol. The van der Waals surface area contributed by atoms with E-state index in [4.69, 9.17) is 19.7 Å². The first-order chi connectivity index (χ1) is 5.91. The molecule has 0 aliphatic carbocycles. The molecular formula is C7H16O4S. The Morgan fingerprint density at radius 2 is 1.67 bits per heavy atom. The molecule has 4 nitrogen and oxygen atoms in total. The van der Waals surface area contributed by atoms with Gasteiger partial charge in [-0.3, -0.25) is 0 Å². The lowest BCUT2D eigenvalue weighted by Gasteiger charge is -2.03. The first-order valence-electron chi connectivity index (χ1n) is 3.86. The molecule has 0 amide bonds. The Kier molecular flexibility index (Phi) is 11.4. The maximum absolute atomic E-state index is 8.41. The van der Waals surface area contributed by atoms with Crippen LogP contribution in [-0.2, 0) is 9.47 Å². The zero-order valence-electron chi connectivity index (χ0n) is 7.07. The molecule has 0 bridgehead atoms. The second-order valence-corrected chi connectivity index (χ2v) is 3.05. The van der Waals surface area contributed by atoms with E-state index in [1.54, 1.807) is 0 Å². The number of aliphatic hydroxyl groups is 2. The molecule has 0 heterocycles. The standard InChI is InChI=1S/C7H16O4S/c8-1-3-10-4-5-11-7-12-6-2-9/h8-9H,1-7H2. The SMILES string of the molecule is OCCOCCOCSCCO. The van der Waals surface area contributed by atoms with Crippen molar-refractivity contribution in [3.05, 3.63) is 0 Å². The second kappa shape index (κ2) is 11.2. The predicted molar refractivity (Wildman–Crippen MR) is 48.3 cm³/mol. The minimum Gasteiger partial charge on any atom is -0.396 e. The van der Waals surface area contributed by atoms with E-state index in [9.17, 15) is 0 Å². The molecule has 74 valence electrons. The maximum Gasteiger partial charge on any atom is 0.0922 e. The highest BCUT2D eigenvalue weighted by Gasteiger charge is 1.89. The summed E-state index contributed by atoms with van der Waals surface area (Å²) < 4.78 is 10.1. The third-order valence-corrected chi connectivity index (χ3v) is 1.81. The Balaban J connectivity index is 2.73. The Morgan fingerprint density at radius 1 is 0.917 bits per heavy atom. The van der Waals surface area contributed by atoms with Crippen LogP contribution in [0.25, 0.3) is 0 Å². The summed E-state index contributed by atoms with van der Waals surface area (Å²) in [6.07, 6.45) is 0. The third kappa shape index (κ3) is 10.2. The topological polar surface area (TPSA) is 58.9 Å². The summed E-state index contributed by atoms with van der Waals surface area (Å²) in [6.45, 7) is 1.67. The van der Waals surface area contributed by atoms with Crippen molar-refractivity contribution >= 4 is 11.8 Å². The Morgan fingerprint density at radius 3 is 2.33 bits per heavy atom. The van der Waals surface area contributed by atoms with Crippen molar-refractivity contribution in [2.75, 3.05) is 44.7 Å². The smallest absolute Gasteiger partial charge is 0.0922 e. The van der Waals surface area contributed by atoms with E-state index >= 15 is 0 Å². The maximum atomic E-state index is 8.41. The molecule has 0 radical (unpaired) electrons. The van der Waals surface area contributed by atoms with E-state index < -0.39 is 0 Å². The van der Waals surface area contributed by atoms with E-state index in [1.807, 2.05) is 0 Å². The second-order valence-electron chi connectivity index (χ2n) is 1.99. The van der Waals surface area contributed by atoms with Gasteiger partial charge >= 0.3 is 0 Å². The molecule has 0 atom stereocenters. The van der Waals surface area contributed by atoms with Crippen LogP contribution in [0, 0.1) is 0 Å². The van der Waals surface area contributed by atoms with Crippen molar-refractivity contribution < 1.29 is 19.7 Å². The predicted octanol–water partition coefficient (Wildman–Crippen LogP) is -0.305. The highest BCUT2D eigenvalue weighted by atomic mass is 32.2. The van der Waals surface area contributed by atoms with Gasteiger partial charge in [-0.25, -0.2) is 0 Å². The van der Waals surface area contributed by atoms with E-state index in [2.05, 4.69) is 0 Å². The first-order valence-corrected chi connectivity index (χ1v) is 5.02. The van der Waals surface area contributed by atoms with Crippen molar-refractivity contribution in [3.63, 3.8) is 0 Å². The van der Waals surface area contributed by atoms with Crippen LogP contribution in [0.5, 0.6) is 0 Å². The van der Waals surface area contributed by atoms with Gasteiger partial charge in [0.2, 0.25) is 0 Å². The van der Waals surface area contributed by atoms with Crippen LogP contribution in [0.15, 0.2) is 0 Å². The number of rotatable bonds is 9. The highest BCUT2D eigenvalue weighted by molar-refractivity contribution is 7.99. The molecule has 0 fully saturated rings. The number of hydrogen-bond donors (Lipinski definition) is 2. The van der Waals surface area contributed by atoms with E-state index in [0.717, 1.165) is 0 Å². The van der Waals surface area contributed by atoms with Crippen molar-refractivity contribution in [1.82, 2.24) is 0 Å². The molecule has 0 aromatic carbocycles. The van der Waals surface area contributed by atoms with Crippen LogP contribution < -0.4 is 0 Å². The normalized spacial score (nSPS) is 10.5. The molecule has 5 heteroatoms. The van der Waals surface area contributed by atoms with Crippen molar-refractivity contribution in [2.45, 2.75) is 0 Å². The van der Waals surface area contributed by atoms with Crippen LogP contribution in [0.3, 0.4) is 0 Å². The van der Waals surface area contributed by atoms with Crippen molar-refractivity contribution in [1.29, 1.82) is 0 Å². The average Bonchev–Trinajstić information content (AvgIpc) is 2.10. The summed E-state index contributed by atoms with van der Waals surface area (Å²) in [5, 5.41) is 16.8. The zero-order chi connectivity index (χ0) is 9.07. The Hall–Kier alpha value is 0.190. The van der Waals surface area contributed by atoms with Gasteiger partial charge < -0.3 is 19.7 Å². The molecule has 12 heavy (non-hydrogen) atoms. The van der Waals surface area contributed by atoms with Crippen LogP contribution in [0.2, 0.25) is 0 Å². The van der Waals surface area contributed by atoms with Crippen LogP contribution in [-0.4, -0.2) is 54.9 Å². The summed E-state index contributed by atoms with van der Waals surface area (Å²) in [4.78, 5) is 0. The van der Waals surface area contributed by atoms with Gasteiger partial charge in [0, 0.05) is 5.75 Å². The molecule has 0 saturated carbocycles. The van der Waals surface area contributed by atoms with Crippen LogP contribution in [0.4, 0.5) is 0 Å². The first kappa shape index (κ1) is 12.2. The molecule has 0 aromatic heterocycles. The fourth-order valence-corrected chi connectivity index (χ4v) is 1.01. The Bertz CT molecular complexity index is 71.8. The number of aliphatic hydroxyl groups excluding tert-OH is 2. The number of thioether (sulfide) groups is 1. The molecule has 0 rings (SSSR count).